The number of aliphatic carboxylic acids is 1. The minimum absolute atomic E-state index is 0.0856. The molecule has 1 aromatic heterocycles. The Labute approximate surface area is 197 Å². The molecule has 1 N–H and O–H groups in total. The molecular formula is C26H29NO7. The molecule has 9 atom stereocenters. The van der Waals surface area contributed by atoms with Crippen LogP contribution in [0.5, 0.6) is 0 Å². The third kappa shape index (κ3) is 2.14. The third-order valence-corrected chi connectivity index (χ3v) is 10.1. The van der Waals surface area contributed by atoms with Crippen LogP contribution >= 0.6 is 0 Å². The number of furan rings is 1. The van der Waals surface area contributed by atoms with Crippen molar-refractivity contribution in [2.24, 2.45) is 27.3 Å². The molecule has 1 aromatic rings. The molecule has 6 rings (SSSR count). The van der Waals surface area contributed by atoms with E-state index in [0.717, 1.165) is 16.7 Å². The van der Waals surface area contributed by atoms with Gasteiger partial charge in [0.1, 0.15) is 6.10 Å². The minimum atomic E-state index is -1.45. The Hall–Kier alpha value is -2.58. The first-order valence-electron chi connectivity index (χ1n) is 11.9. The Morgan fingerprint density at radius 1 is 1.26 bits per heavy atom. The fourth-order valence-electron chi connectivity index (χ4n) is 8.64. The molecule has 2 saturated heterocycles. The molecule has 3 fully saturated rings. The van der Waals surface area contributed by atoms with Gasteiger partial charge < -0.3 is 19.0 Å². The van der Waals surface area contributed by atoms with E-state index in [-0.39, 0.29) is 30.8 Å². The first-order valence-corrected chi connectivity index (χ1v) is 11.9. The van der Waals surface area contributed by atoms with Gasteiger partial charge in [0.25, 0.3) is 0 Å². The van der Waals surface area contributed by atoms with Gasteiger partial charge in [0.2, 0.25) is 0 Å². The van der Waals surface area contributed by atoms with Crippen LogP contribution in [0.15, 0.2) is 51.5 Å². The molecule has 8 heteroatoms. The number of ether oxygens (including phenoxy) is 2. The SMILES string of the molecule is CC1=C2[C@@H](C[C@H]1c1ccoc1)O[C@@H]1[C@@H]3OC[C@]4(C)C=CC(=O)[C@](C)([C@@H](CC(=O)O)[C@]21C)[C@@]34N=O. The molecule has 3 aliphatic carbocycles. The number of carbonyl (C=O) groups excluding carboxylic acids is 1. The molecule has 0 spiro atoms. The summed E-state index contributed by atoms with van der Waals surface area (Å²) < 4.78 is 18.3. The van der Waals surface area contributed by atoms with Gasteiger partial charge in [-0.15, -0.1) is 0 Å². The maximum absolute atomic E-state index is 13.7. The lowest BCUT2D eigenvalue weighted by molar-refractivity contribution is -0.195. The van der Waals surface area contributed by atoms with Crippen LogP contribution in [-0.2, 0) is 19.1 Å². The van der Waals surface area contributed by atoms with Gasteiger partial charge in [-0.1, -0.05) is 30.7 Å². The van der Waals surface area contributed by atoms with Crippen molar-refractivity contribution in [3.05, 3.63) is 52.4 Å². The average Bonchev–Trinajstić information content (AvgIpc) is 3.53. The van der Waals surface area contributed by atoms with Gasteiger partial charge in [0.05, 0.1) is 43.2 Å². The van der Waals surface area contributed by atoms with Crippen LogP contribution in [0, 0.1) is 27.1 Å². The normalized spacial score (nSPS) is 48.6. The van der Waals surface area contributed by atoms with Crippen molar-refractivity contribution in [1.82, 2.24) is 0 Å². The van der Waals surface area contributed by atoms with Gasteiger partial charge in [0.15, 0.2) is 11.3 Å². The molecule has 8 nitrogen and oxygen atoms in total. The maximum atomic E-state index is 13.7. The van der Waals surface area contributed by atoms with E-state index in [1.165, 1.54) is 6.08 Å². The number of fused-ring (bicyclic) bond motifs is 4. The van der Waals surface area contributed by atoms with Crippen molar-refractivity contribution in [3.63, 3.8) is 0 Å². The van der Waals surface area contributed by atoms with Gasteiger partial charge in [0, 0.05) is 16.7 Å². The molecular weight excluding hydrogens is 438 g/mol. The van der Waals surface area contributed by atoms with Crippen molar-refractivity contribution in [1.29, 1.82) is 0 Å². The Kier molecular flexibility index (Phi) is 4.22. The zero-order chi connectivity index (χ0) is 24.3. The number of rotatable bonds is 4. The van der Waals surface area contributed by atoms with Crippen molar-refractivity contribution in [2.45, 2.75) is 70.3 Å². The van der Waals surface area contributed by atoms with Gasteiger partial charge in [-0.05, 0) is 49.5 Å². The highest BCUT2D eigenvalue weighted by atomic mass is 16.6. The summed E-state index contributed by atoms with van der Waals surface area (Å²) in [7, 11) is 0. The Balaban J connectivity index is 1.62. The average molecular weight is 468 g/mol. The first kappa shape index (κ1) is 21.9. The summed E-state index contributed by atoms with van der Waals surface area (Å²) in [6, 6.07) is 1.94. The molecule has 0 amide bonds. The van der Waals surface area contributed by atoms with E-state index in [1.54, 1.807) is 25.5 Å². The number of carboxylic acids is 1. The summed E-state index contributed by atoms with van der Waals surface area (Å²) in [5, 5.41) is 13.7. The Morgan fingerprint density at radius 2 is 2.03 bits per heavy atom. The maximum Gasteiger partial charge on any atom is 0.303 e. The standard InChI is InChI=1S/C26H29NO7/c1-13-15(14-6-8-32-11-14)9-16-20(13)24(3)17(10-19(29)30)25(4)18(28)5-7-23(2)12-33-22(21(24)34-16)26(23,25)27-31/h5-8,11,15-17,21-22H,9-10,12H2,1-4H3,(H,29,30)/t15-,16-,17+,21-,22+,23+,24-,25+,26-/m1/s1. The largest absolute Gasteiger partial charge is 0.481 e. The van der Waals surface area contributed by atoms with E-state index in [2.05, 4.69) is 12.1 Å². The van der Waals surface area contributed by atoms with E-state index in [1.807, 2.05) is 19.9 Å². The van der Waals surface area contributed by atoms with Gasteiger partial charge >= 0.3 is 5.97 Å². The van der Waals surface area contributed by atoms with Crippen LogP contribution in [0.4, 0.5) is 0 Å². The lowest BCUT2D eigenvalue weighted by Crippen LogP contribution is -2.75. The molecule has 5 aliphatic rings. The highest BCUT2D eigenvalue weighted by Crippen LogP contribution is 2.74. The van der Waals surface area contributed by atoms with Crippen LogP contribution in [0.2, 0.25) is 0 Å². The van der Waals surface area contributed by atoms with Gasteiger partial charge in [-0.3, -0.25) is 9.59 Å². The molecule has 1 saturated carbocycles. The second-order valence-electron chi connectivity index (χ2n) is 11.3. The second kappa shape index (κ2) is 6.55. The molecule has 180 valence electrons. The molecule has 2 aliphatic heterocycles. The number of carbonyl (C=O) groups is 2. The number of hydrogen-bond acceptors (Lipinski definition) is 7. The molecule has 0 radical (unpaired) electrons. The smallest absolute Gasteiger partial charge is 0.303 e. The summed E-state index contributed by atoms with van der Waals surface area (Å²) in [4.78, 5) is 38.8. The summed E-state index contributed by atoms with van der Waals surface area (Å²) in [6.07, 6.45) is 5.46. The fourth-order valence-corrected chi connectivity index (χ4v) is 8.64. The Morgan fingerprint density at radius 3 is 2.68 bits per heavy atom. The summed E-state index contributed by atoms with van der Waals surface area (Å²) in [6.45, 7) is 7.91. The predicted molar refractivity (Wildman–Crippen MR) is 120 cm³/mol. The van der Waals surface area contributed by atoms with Gasteiger partial charge in [-0.2, -0.15) is 4.91 Å². The number of hydrogen-bond donors (Lipinski definition) is 1. The van der Waals surface area contributed by atoms with Crippen LogP contribution in [-0.4, -0.2) is 47.3 Å². The topological polar surface area (TPSA) is 115 Å². The number of allylic oxidation sites excluding steroid dienone is 2. The van der Waals surface area contributed by atoms with Crippen LogP contribution < -0.4 is 0 Å². The first-order chi connectivity index (χ1) is 16.1. The number of carboxylic acid groups (broad SMARTS) is 1. The van der Waals surface area contributed by atoms with Crippen LogP contribution in [0.3, 0.4) is 0 Å². The lowest BCUT2D eigenvalue weighted by atomic mass is 9.38. The molecule has 34 heavy (non-hydrogen) atoms. The van der Waals surface area contributed by atoms with Crippen molar-refractivity contribution >= 4 is 11.8 Å². The molecule has 0 unspecified atom stereocenters. The monoisotopic (exact) mass is 467 g/mol. The third-order valence-electron chi connectivity index (χ3n) is 10.1. The zero-order valence-corrected chi connectivity index (χ0v) is 19.7. The summed E-state index contributed by atoms with van der Waals surface area (Å²) in [5.74, 6) is -1.90. The van der Waals surface area contributed by atoms with E-state index < -0.39 is 45.9 Å². The van der Waals surface area contributed by atoms with E-state index in [0.29, 0.717) is 6.42 Å². The zero-order valence-electron chi connectivity index (χ0n) is 19.7. The van der Waals surface area contributed by atoms with Crippen molar-refractivity contribution in [3.8, 4) is 0 Å². The summed E-state index contributed by atoms with van der Waals surface area (Å²) in [5.41, 5.74) is -1.26. The highest BCUT2D eigenvalue weighted by Gasteiger charge is 2.83. The molecule has 0 bridgehead atoms. The quantitative estimate of drug-likeness (QED) is 0.525. The second-order valence-corrected chi connectivity index (χ2v) is 11.3. The van der Waals surface area contributed by atoms with Crippen LogP contribution in [0.25, 0.3) is 0 Å². The molecule has 3 heterocycles. The lowest BCUT2D eigenvalue weighted by Gasteiger charge is -2.63. The number of ketones is 1. The van der Waals surface area contributed by atoms with E-state index in [4.69, 9.17) is 13.9 Å². The van der Waals surface area contributed by atoms with Crippen molar-refractivity contribution in [2.75, 3.05) is 6.61 Å². The van der Waals surface area contributed by atoms with E-state index in [9.17, 15) is 19.6 Å². The van der Waals surface area contributed by atoms with E-state index >= 15 is 0 Å². The predicted octanol–water partition coefficient (Wildman–Crippen LogP) is 4.02. The number of nitroso groups, excluding NO2 is 1. The Bertz CT molecular complexity index is 1170. The summed E-state index contributed by atoms with van der Waals surface area (Å²) >= 11 is 0. The minimum Gasteiger partial charge on any atom is -0.481 e. The van der Waals surface area contributed by atoms with Crippen molar-refractivity contribution < 1.29 is 28.6 Å². The van der Waals surface area contributed by atoms with Gasteiger partial charge in [-0.25, -0.2) is 0 Å². The number of nitrogens with zero attached hydrogens (tertiary/aromatic N) is 1. The van der Waals surface area contributed by atoms with Crippen LogP contribution in [0.1, 0.15) is 52.0 Å². The highest BCUT2D eigenvalue weighted by molar-refractivity contribution is 5.99. The fraction of sp³-hybridized carbons (Fsp3) is 0.615. The molecule has 0 aromatic carbocycles.